The fourth-order valence-electron chi connectivity index (χ4n) is 2.47. The van der Waals surface area contributed by atoms with Gasteiger partial charge >= 0.3 is 0 Å². The van der Waals surface area contributed by atoms with Gasteiger partial charge in [-0.25, -0.2) is 0 Å². The summed E-state index contributed by atoms with van der Waals surface area (Å²) in [6, 6.07) is 4.08. The SMILES string of the molecule is CC1CCC(CO)(NCc2ccc[nH]2)CC1. The Kier molecular flexibility index (Phi) is 3.66. The van der Waals surface area contributed by atoms with Crippen molar-refractivity contribution in [3.05, 3.63) is 24.0 Å². The molecule has 2 rings (SSSR count). The van der Waals surface area contributed by atoms with Crippen molar-refractivity contribution < 1.29 is 5.11 Å². The fourth-order valence-corrected chi connectivity index (χ4v) is 2.47. The molecule has 0 radical (unpaired) electrons. The molecule has 1 aliphatic carbocycles. The minimum Gasteiger partial charge on any atom is -0.394 e. The molecular weight excluding hydrogens is 200 g/mol. The second kappa shape index (κ2) is 5.02. The monoisotopic (exact) mass is 222 g/mol. The lowest BCUT2D eigenvalue weighted by molar-refractivity contribution is 0.104. The van der Waals surface area contributed by atoms with Crippen LogP contribution in [0.3, 0.4) is 0 Å². The van der Waals surface area contributed by atoms with E-state index in [-0.39, 0.29) is 12.1 Å². The van der Waals surface area contributed by atoms with Gasteiger partial charge in [0.2, 0.25) is 0 Å². The number of rotatable bonds is 4. The average molecular weight is 222 g/mol. The quantitative estimate of drug-likeness (QED) is 0.730. The lowest BCUT2D eigenvalue weighted by atomic mass is 9.77. The zero-order chi connectivity index (χ0) is 11.4. The van der Waals surface area contributed by atoms with E-state index in [1.165, 1.54) is 18.5 Å². The van der Waals surface area contributed by atoms with E-state index in [1.54, 1.807) is 0 Å². The first-order chi connectivity index (χ1) is 7.74. The molecule has 1 fully saturated rings. The predicted octanol–water partition coefficient (Wildman–Crippen LogP) is 2.05. The molecule has 1 saturated carbocycles. The topological polar surface area (TPSA) is 48.0 Å². The minimum absolute atomic E-state index is 0.0440. The van der Waals surface area contributed by atoms with E-state index < -0.39 is 0 Å². The van der Waals surface area contributed by atoms with Crippen LogP contribution in [-0.2, 0) is 6.54 Å². The van der Waals surface area contributed by atoms with Crippen LogP contribution in [0.5, 0.6) is 0 Å². The zero-order valence-corrected chi connectivity index (χ0v) is 10.00. The summed E-state index contributed by atoms with van der Waals surface area (Å²) in [5.74, 6) is 0.812. The molecule has 1 aliphatic rings. The first-order valence-electron chi connectivity index (χ1n) is 6.22. The number of H-pyrrole nitrogens is 1. The largest absolute Gasteiger partial charge is 0.394 e. The molecule has 3 heteroatoms. The summed E-state index contributed by atoms with van der Waals surface area (Å²) in [5, 5.41) is 13.1. The van der Waals surface area contributed by atoms with Crippen molar-refractivity contribution >= 4 is 0 Å². The fraction of sp³-hybridized carbons (Fsp3) is 0.692. The predicted molar refractivity (Wildman–Crippen MR) is 65.1 cm³/mol. The van der Waals surface area contributed by atoms with Gasteiger partial charge in [-0.2, -0.15) is 0 Å². The van der Waals surface area contributed by atoms with Crippen molar-refractivity contribution in [3.8, 4) is 0 Å². The summed E-state index contributed by atoms with van der Waals surface area (Å²) in [5.41, 5.74) is 1.14. The maximum atomic E-state index is 9.58. The molecule has 0 aromatic carbocycles. The first-order valence-corrected chi connectivity index (χ1v) is 6.22. The second-order valence-corrected chi connectivity index (χ2v) is 5.17. The molecule has 0 saturated heterocycles. The van der Waals surface area contributed by atoms with Crippen molar-refractivity contribution in [2.24, 2.45) is 5.92 Å². The standard InChI is InChI=1S/C13H22N2O/c1-11-4-6-13(10-16,7-5-11)15-9-12-3-2-8-14-12/h2-3,8,11,14-16H,4-7,9-10H2,1H3. The van der Waals surface area contributed by atoms with Gasteiger partial charge in [-0.3, -0.25) is 0 Å². The average Bonchev–Trinajstić information content (AvgIpc) is 2.82. The molecule has 1 heterocycles. The lowest BCUT2D eigenvalue weighted by Crippen LogP contribution is -2.50. The van der Waals surface area contributed by atoms with Gasteiger partial charge in [-0.15, -0.1) is 0 Å². The Hall–Kier alpha value is -0.800. The van der Waals surface area contributed by atoms with Crippen LogP contribution in [0.4, 0.5) is 0 Å². The van der Waals surface area contributed by atoms with Gasteiger partial charge in [0, 0.05) is 24.0 Å². The molecule has 1 aromatic rings. The van der Waals surface area contributed by atoms with Gasteiger partial charge in [0.05, 0.1) is 6.61 Å². The minimum atomic E-state index is -0.0440. The Morgan fingerprint density at radius 1 is 1.50 bits per heavy atom. The summed E-state index contributed by atoms with van der Waals surface area (Å²) < 4.78 is 0. The highest BCUT2D eigenvalue weighted by Crippen LogP contribution is 2.31. The Morgan fingerprint density at radius 3 is 2.81 bits per heavy atom. The summed E-state index contributed by atoms with van der Waals surface area (Å²) in [7, 11) is 0. The van der Waals surface area contributed by atoms with Gasteiger partial charge in [0.25, 0.3) is 0 Å². The zero-order valence-electron chi connectivity index (χ0n) is 10.00. The maximum absolute atomic E-state index is 9.58. The van der Waals surface area contributed by atoms with Crippen molar-refractivity contribution in [2.45, 2.75) is 44.7 Å². The number of aromatic nitrogens is 1. The van der Waals surface area contributed by atoms with Crippen LogP contribution in [0.1, 0.15) is 38.3 Å². The number of hydrogen-bond donors (Lipinski definition) is 3. The van der Waals surface area contributed by atoms with Crippen molar-refractivity contribution in [2.75, 3.05) is 6.61 Å². The van der Waals surface area contributed by atoms with Crippen LogP contribution >= 0.6 is 0 Å². The van der Waals surface area contributed by atoms with E-state index in [2.05, 4.69) is 23.3 Å². The van der Waals surface area contributed by atoms with E-state index in [9.17, 15) is 5.11 Å². The third-order valence-corrected chi connectivity index (χ3v) is 3.85. The van der Waals surface area contributed by atoms with Crippen LogP contribution < -0.4 is 5.32 Å². The van der Waals surface area contributed by atoms with E-state index >= 15 is 0 Å². The van der Waals surface area contributed by atoms with Crippen molar-refractivity contribution in [3.63, 3.8) is 0 Å². The maximum Gasteiger partial charge on any atom is 0.0613 e. The number of nitrogens with one attached hydrogen (secondary N) is 2. The van der Waals surface area contributed by atoms with Crippen LogP contribution in [0.15, 0.2) is 18.3 Å². The van der Waals surface area contributed by atoms with E-state index in [0.717, 1.165) is 25.3 Å². The third kappa shape index (κ3) is 2.66. The van der Waals surface area contributed by atoms with Gasteiger partial charge in [-0.1, -0.05) is 6.92 Å². The Labute approximate surface area is 97.3 Å². The first kappa shape index (κ1) is 11.7. The Morgan fingerprint density at radius 2 is 2.25 bits per heavy atom. The van der Waals surface area contributed by atoms with Crippen LogP contribution in [0.2, 0.25) is 0 Å². The van der Waals surface area contributed by atoms with E-state index in [0.29, 0.717) is 0 Å². The van der Waals surface area contributed by atoms with Gasteiger partial charge in [0.1, 0.15) is 0 Å². The molecule has 0 aliphatic heterocycles. The third-order valence-electron chi connectivity index (χ3n) is 3.85. The molecule has 3 N–H and O–H groups in total. The summed E-state index contributed by atoms with van der Waals surface area (Å²) in [6.07, 6.45) is 6.55. The number of hydrogen-bond acceptors (Lipinski definition) is 2. The molecule has 16 heavy (non-hydrogen) atoms. The molecule has 90 valence electrons. The lowest BCUT2D eigenvalue weighted by Gasteiger charge is -2.39. The van der Waals surface area contributed by atoms with Crippen LogP contribution in [0.25, 0.3) is 0 Å². The second-order valence-electron chi connectivity index (χ2n) is 5.17. The van der Waals surface area contributed by atoms with Gasteiger partial charge in [0.15, 0.2) is 0 Å². The van der Waals surface area contributed by atoms with E-state index in [1.807, 2.05) is 12.3 Å². The van der Waals surface area contributed by atoms with Crippen molar-refractivity contribution in [1.29, 1.82) is 0 Å². The Bertz CT molecular complexity index is 300. The molecule has 0 unspecified atom stereocenters. The van der Waals surface area contributed by atoms with Crippen LogP contribution in [-0.4, -0.2) is 22.2 Å². The number of aliphatic hydroxyl groups is 1. The molecule has 1 aromatic heterocycles. The number of aromatic amines is 1. The van der Waals surface area contributed by atoms with Crippen LogP contribution in [0, 0.1) is 5.92 Å². The smallest absolute Gasteiger partial charge is 0.0613 e. The molecular formula is C13H22N2O. The Balaban J connectivity index is 1.89. The van der Waals surface area contributed by atoms with Crippen molar-refractivity contribution in [1.82, 2.24) is 10.3 Å². The highest BCUT2D eigenvalue weighted by Gasteiger charge is 2.32. The molecule has 0 bridgehead atoms. The highest BCUT2D eigenvalue weighted by atomic mass is 16.3. The summed E-state index contributed by atoms with van der Waals surface area (Å²) in [6.45, 7) is 3.37. The molecule has 0 amide bonds. The molecule has 0 atom stereocenters. The highest BCUT2D eigenvalue weighted by molar-refractivity contribution is 5.04. The van der Waals surface area contributed by atoms with Gasteiger partial charge in [-0.05, 0) is 43.7 Å². The van der Waals surface area contributed by atoms with Gasteiger partial charge < -0.3 is 15.4 Å². The number of aliphatic hydroxyl groups excluding tert-OH is 1. The van der Waals surface area contributed by atoms with E-state index in [4.69, 9.17) is 0 Å². The molecule has 3 nitrogen and oxygen atoms in total. The normalized spacial score (nSPS) is 30.5. The molecule has 0 spiro atoms. The summed E-state index contributed by atoms with van der Waals surface area (Å²) >= 11 is 0. The summed E-state index contributed by atoms with van der Waals surface area (Å²) in [4.78, 5) is 3.18.